The van der Waals surface area contributed by atoms with Gasteiger partial charge in [0.25, 0.3) is 0 Å². The third-order valence-electron chi connectivity index (χ3n) is 10.0. The van der Waals surface area contributed by atoms with Crippen LogP contribution < -0.4 is 30.4 Å². The zero-order chi connectivity index (χ0) is 34.6. The van der Waals surface area contributed by atoms with E-state index in [4.69, 9.17) is 9.05 Å². The highest BCUT2D eigenvalue weighted by molar-refractivity contribution is 5.47. The van der Waals surface area contributed by atoms with Crippen LogP contribution in [0.2, 0.25) is 0 Å². The number of nitrogens with zero attached hydrogens (tertiary/aromatic N) is 6. The number of hydrogen-bond donors (Lipinski definition) is 2. The van der Waals surface area contributed by atoms with Gasteiger partial charge in [-0.3, -0.25) is 18.8 Å². The molecule has 0 spiro atoms. The number of hydrogen-bond acceptors (Lipinski definition) is 8. The molecule has 0 aliphatic carbocycles. The number of aromatic amines is 2. The number of aromatic nitrogens is 4. The Morgan fingerprint density at radius 1 is 0.490 bits per heavy atom. The maximum Gasteiger partial charge on any atom is 0.431 e. The molecule has 0 saturated carbocycles. The van der Waals surface area contributed by atoms with Gasteiger partial charge in [0.1, 0.15) is 0 Å². The van der Waals surface area contributed by atoms with Crippen LogP contribution >= 0.6 is 0 Å². The molecule has 6 aromatic rings. The van der Waals surface area contributed by atoms with E-state index in [1.54, 1.807) is 9.36 Å². The fourth-order valence-corrected chi connectivity index (χ4v) is 7.06. The van der Waals surface area contributed by atoms with Gasteiger partial charge in [-0.15, -0.1) is 0 Å². The van der Waals surface area contributed by atoms with Crippen molar-refractivity contribution in [2.45, 2.75) is 19.5 Å². The first-order valence-corrected chi connectivity index (χ1v) is 17.6. The topological polar surface area (TPSA) is 113 Å². The molecule has 0 unspecified atom stereocenters. The molecule has 2 N–H and O–H groups in total. The Bertz CT molecular complexity index is 1990. The van der Waals surface area contributed by atoms with Crippen molar-refractivity contribution in [3.05, 3.63) is 153 Å². The number of rotatable bonds is 10. The summed E-state index contributed by atoms with van der Waals surface area (Å²) >= 11 is 0. The van der Waals surface area contributed by atoms with Gasteiger partial charge in [-0.2, -0.15) is 0 Å². The van der Waals surface area contributed by atoms with Gasteiger partial charge in [-0.05, 0) is 61.7 Å². The number of nitrogens with one attached hydrogen (secondary N) is 2. The first-order chi connectivity index (χ1) is 25.1. The molecule has 12 heteroatoms. The molecule has 2 aliphatic heterocycles. The van der Waals surface area contributed by atoms with Crippen LogP contribution in [-0.2, 0) is 19.5 Å². The van der Waals surface area contributed by atoms with Crippen LogP contribution in [0.5, 0.6) is 0 Å². The predicted octanol–water partition coefficient (Wildman–Crippen LogP) is 3.04. The van der Waals surface area contributed by atoms with E-state index < -0.39 is 0 Å². The maximum atomic E-state index is 12.7. The van der Waals surface area contributed by atoms with Crippen molar-refractivity contribution < 1.29 is 18.4 Å². The Morgan fingerprint density at radius 2 is 0.863 bits per heavy atom. The van der Waals surface area contributed by atoms with Gasteiger partial charge in [0.15, 0.2) is 0 Å². The number of piperazine rings is 2. The lowest BCUT2D eigenvalue weighted by molar-refractivity contribution is -0.678. The Balaban J connectivity index is 0.879. The van der Waals surface area contributed by atoms with Crippen molar-refractivity contribution in [2.75, 3.05) is 62.2 Å². The second-order valence-electron chi connectivity index (χ2n) is 13.2. The Labute approximate surface area is 295 Å². The minimum atomic E-state index is -0.352. The van der Waals surface area contributed by atoms with Crippen LogP contribution in [0.15, 0.2) is 128 Å². The summed E-state index contributed by atoms with van der Waals surface area (Å²) in [7, 11) is 0. The Kier molecular flexibility index (Phi) is 9.32. The largest absolute Gasteiger partial charge is 0.431 e. The summed E-state index contributed by atoms with van der Waals surface area (Å²) in [4.78, 5) is 34.8. The van der Waals surface area contributed by atoms with Crippen molar-refractivity contribution >= 4 is 11.4 Å². The van der Waals surface area contributed by atoms with Gasteiger partial charge in [-0.25, -0.2) is 9.59 Å². The van der Waals surface area contributed by atoms with Gasteiger partial charge in [0, 0.05) is 88.0 Å². The van der Waals surface area contributed by atoms with Gasteiger partial charge < -0.3 is 9.80 Å². The van der Waals surface area contributed by atoms with Crippen LogP contribution in [0.4, 0.5) is 11.4 Å². The van der Waals surface area contributed by atoms with Gasteiger partial charge in [0.2, 0.25) is 11.4 Å². The van der Waals surface area contributed by atoms with Crippen molar-refractivity contribution in [1.82, 2.24) is 20.3 Å². The number of anilines is 2. The molecule has 0 atom stereocenters. The standard InChI is InChI=1S/C39H40N8O4/c48-38-36(28-42-19-23-44(24-20-42)32-7-3-1-4-8-32)46(40-50-38)34-15-11-30(12-16-34)27-31-13-17-35(18-14-31)47-37(39(49)51-41-47)29-43-21-25-45(26-22-43)33-9-5-2-6-10-33/h1-18H,19-29H2/p+2. The fraction of sp³-hybridized carbons (Fsp3) is 0.282. The zero-order valence-corrected chi connectivity index (χ0v) is 28.5. The van der Waals surface area contributed by atoms with Crippen LogP contribution in [0.25, 0.3) is 11.4 Å². The summed E-state index contributed by atoms with van der Waals surface area (Å²) < 4.78 is 14.0. The Morgan fingerprint density at radius 3 is 1.24 bits per heavy atom. The summed E-state index contributed by atoms with van der Waals surface area (Å²) in [5.41, 5.74) is 6.86. The lowest BCUT2D eigenvalue weighted by Gasteiger charge is -2.35. The first kappa shape index (κ1) is 32.5. The van der Waals surface area contributed by atoms with Gasteiger partial charge in [-0.1, -0.05) is 60.7 Å². The highest BCUT2D eigenvalue weighted by Crippen LogP contribution is 2.18. The van der Waals surface area contributed by atoms with E-state index in [0.717, 1.165) is 81.3 Å². The summed E-state index contributed by atoms with van der Waals surface area (Å²) in [5, 5.41) is 5.60. The van der Waals surface area contributed by atoms with E-state index in [1.165, 1.54) is 11.4 Å². The highest BCUT2D eigenvalue weighted by Gasteiger charge is 2.29. The van der Waals surface area contributed by atoms with E-state index >= 15 is 0 Å². The molecule has 260 valence electrons. The van der Waals surface area contributed by atoms with Crippen molar-refractivity contribution in [1.29, 1.82) is 0 Å². The van der Waals surface area contributed by atoms with Crippen molar-refractivity contribution in [2.24, 2.45) is 0 Å². The quantitative estimate of drug-likeness (QED) is 0.212. The van der Waals surface area contributed by atoms with E-state index in [2.05, 4.69) is 103 Å². The molecule has 2 aromatic heterocycles. The van der Waals surface area contributed by atoms with Crippen LogP contribution in [0, 0.1) is 0 Å². The molecule has 0 radical (unpaired) electrons. The molecular weight excluding hydrogens is 644 g/mol. The zero-order valence-electron chi connectivity index (χ0n) is 28.5. The minimum absolute atomic E-state index is 0.352. The normalized spacial score (nSPS) is 15.8. The molecule has 2 fully saturated rings. The number of H-pyrrole nitrogens is 2. The van der Waals surface area contributed by atoms with E-state index in [1.807, 2.05) is 36.4 Å². The molecular formula is C39H42N8O4+2. The SMILES string of the molecule is O=c1o[nH][n+](-c2ccc(Cc3ccc(-[n+]4[nH]oc(=O)c4CN4CCN(c5ccccc5)CC4)cc3)cc2)c1CN1CCN(c2ccccc2)CC1. The third-order valence-corrected chi connectivity index (χ3v) is 10.0. The summed E-state index contributed by atoms with van der Waals surface area (Å²) in [6.07, 6.45) is 0.733. The molecule has 4 heterocycles. The Hall–Kier alpha value is -5.72. The van der Waals surface area contributed by atoms with Crippen molar-refractivity contribution in [3.63, 3.8) is 0 Å². The van der Waals surface area contributed by atoms with Crippen molar-refractivity contribution in [3.8, 4) is 11.4 Å². The molecule has 4 aromatic carbocycles. The fourth-order valence-electron chi connectivity index (χ4n) is 7.06. The number of benzene rings is 4. The lowest BCUT2D eigenvalue weighted by Crippen LogP contribution is -2.49. The average Bonchev–Trinajstić information content (AvgIpc) is 3.74. The van der Waals surface area contributed by atoms with E-state index in [-0.39, 0.29) is 11.3 Å². The summed E-state index contributed by atoms with van der Waals surface area (Å²) in [6, 6.07) is 37.2. The van der Waals surface area contributed by atoms with Gasteiger partial charge in [0.05, 0.1) is 13.1 Å². The monoisotopic (exact) mass is 686 g/mol. The molecule has 51 heavy (non-hydrogen) atoms. The van der Waals surface area contributed by atoms with Gasteiger partial charge >= 0.3 is 22.6 Å². The smallest absolute Gasteiger partial charge is 0.369 e. The predicted molar refractivity (Wildman–Crippen MR) is 192 cm³/mol. The highest BCUT2D eigenvalue weighted by atomic mass is 16.5. The molecule has 8 rings (SSSR count). The van der Waals surface area contributed by atoms with E-state index in [9.17, 15) is 9.59 Å². The molecule has 2 aliphatic rings. The molecule has 2 saturated heterocycles. The minimum Gasteiger partial charge on any atom is -0.369 e. The maximum absolute atomic E-state index is 12.7. The first-order valence-electron chi connectivity index (χ1n) is 17.6. The average molecular weight is 687 g/mol. The third kappa shape index (κ3) is 7.28. The number of para-hydroxylation sites is 2. The van der Waals surface area contributed by atoms with Crippen LogP contribution in [0.3, 0.4) is 0 Å². The molecule has 0 bridgehead atoms. The lowest BCUT2D eigenvalue weighted by atomic mass is 10.0. The second-order valence-corrected chi connectivity index (χ2v) is 13.2. The summed E-state index contributed by atoms with van der Waals surface area (Å²) in [5.74, 6) is 0. The molecule has 0 amide bonds. The second kappa shape index (κ2) is 14.6. The molecule has 12 nitrogen and oxygen atoms in total. The van der Waals surface area contributed by atoms with Crippen LogP contribution in [-0.4, -0.2) is 72.7 Å². The summed E-state index contributed by atoms with van der Waals surface area (Å²) in [6.45, 7) is 8.08. The van der Waals surface area contributed by atoms with E-state index in [0.29, 0.717) is 24.5 Å². The van der Waals surface area contributed by atoms with Crippen LogP contribution in [0.1, 0.15) is 22.5 Å².